The molecule has 10 heteroatoms. The predicted octanol–water partition coefficient (Wildman–Crippen LogP) is 3.40. The number of carbonyl (C=O) groups excluding carboxylic acids is 1. The maximum absolute atomic E-state index is 12.2. The van der Waals surface area contributed by atoms with Crippen molar-refractivity contribution in [3.63, 3.8) is 0 Å². The molecule has 0 bridgehead atoms. The monoisotopic (exact) mass is 333 g/mol. The van der Waals surface area contributed by atoms with Crippen LogP contribution >= 0.6 is 11.8 Å². The molecule has 1 atom stereocenters. The summed E-state index contributed by atoms with van der Waals surface area (Å²) < 4.78 is 76.6. The Kier molecular flexibility index (Phi) is 5.51. The topological polar surface area (TPSA) is 52.3 Å². The Morgan fingerprint density at radius 1 is 1.19 bits per heavy atom. The number of hydrogen-bond acceptors (Lipinski definition) is 4. The maximum Gasteiger partial charge on any atom is 0.490 e. The smallest absolute Gasteiger partial charge is 0.436 e. The molecule has 2 N–H and O–H groups in total. The van der Waals surface area contributed by atoms with Crippen LogP contribution in [0.5, 0.6) is 0 Å². The van der Waals surface area contributed by atoms with Crippen molar-refractivity contribution < 1.29 is 35.9 Å². The number of nitrogens with two attached hydrogens (primary N) is 1. The summed E-state index contributed by atoms with van der Waals surface area (Å²) in [6.07, 6.45) is -11.5. The highest BCUT2D eigenvalue weighted by Crippen LogP contribution is 2.32. The fourth-order valence-corrected chi connectivity index (χ4v) is 2.10. The molecule has 1 unspecified atom stereocenters. The van der Waals surface area contributed by atoms with Gasteiger partial charge in [0.1, 0.15) is 0 Å². The summed E-state index contributed by atoms with van der Waals surface area (Å²) in [5.74, 6) is -3.75. The van der Waals surface area contributed by atoms with E-state index in [-0.39, 0.29) is 10.5 Å². The van der Waals surface area contributed by atoms with E-state index >= 15 is 0 Å². The number of thioether (sulfide) groups is 1. The van der Waals surface area contributed by atoms with Crippen LogP contribution in [0.2, 0.25) is 0 Å². The lowest BCUT2D eigenvalue weighted by atomic mass is 10.2. The zero-order valence-electron chi connectivity index (χ0n) is 10.2. The van der Waals surface area contributed by atoms with E-state index < -0.39 is 30.3 Å². The summed E-state index contributed by atoms with van der Waals surface area (Å²) in [5, 5.41) is 0. The molecule has 0 spiro atoms. The van der Waals surface area contributed by atoms with E-state index in [0.717, 1.165) is 0 Å². The standard InChI is InChI=1S/C11H9F6NO2S/c12-10(13,14)5-21-7-4-2-1-3-6(7)8(18)20-9(19)11(15,16)17/h1-4,8H,5,18H2. The van der Waals surface area contributed by atoms with Crippen molar-refractivity contribution in [2.24, 2.45) is 5.73 Å². The number of halogens is 6. The third kappa shape index (κ3) is 5.84. The lowest BCUT2D eigenvalue weighted by Gasteiger charge is -2.17. The van der Waals surface area contributed by atoms with Gasteiger partial charge >= 0.3 is 18.3 Å². The summed E-state index contributed by atoms with van der Waals surface area (Å²) in [6.45, 7) is 0. The number of hydrogen-bond donors (Lipinski definition) is 1. The number of carbonyl (C=O) groups is 1. The first-order valence-electron chi connectivity index (χ1n) is 5.32. The Hall–Kier alpha value is -1.42. The Morgan fingerprint density at radius 2 is 1.76 bits per heavy atom. The molecule has 1 aromatic rings. The summed E-state index contributed by atoms with van der Waals surface area (Å²) in [5.41, 5.74) is 5.16. The minimum atomic E-state index is -5.23. The number of ether oxygens (including phenoxy) is 1. The van der Waals surface area contributed by atoms with Crippen molar-refractivity contribution in [3.05, 3.63) is 29.8 Å². The first kappa shape index (κ1) is 17.6. The van der Waals surface area contributed by atoms with Gasteiger partial charge in [-0.1, -0.05) is 18.2 Å². The fraction of sp³-hybridized carbons (Fsp3) is 0.364. The Morgan fingerprint density at radius 3 is 2.29 bits per heavy atom. The average molecular weight is 333 g/mol. The van der Waals surface area contributed by atoms with Gasteiger partial charge in [-0.15, -0.1) is 11.8 Å². The van der Waals surface area contributed by atoms with Crippen molar-refractivity contribution in [3.8, 4) is 0 Å². The van der Waals surface area contributed by atoms with Crippen LogP contribution in [0.25, 0.3) is 0 Å². The molecular formula is C11H9F6NO2S. The second kappa shape index (κ2) is 6.56. The summed E-state index contributed by atoms with van der Waals surface area (Å²) >= 11 is 0.339. The SMILES string of the molecule is NC(OC(=O)C(F)(F)F)c1ccccc1SCC(F)(F)F. The van der Waals surface area contributed by atoms with E-state index in [9.17, 15) is 31.1 Å². The van der Waals surface area contributed by atoms with Crippen LogP contribution < -0.4 is 5.73 Å². The zero-order valence-corrected chi connectivity index (χ0v) is 11.0. The predicted molar refractivity (Wildman–Crippen MR) is 62.3 cm³/mol. The van der Waals surface area contributed by atoms with Gasteiger partial charge in [-0.25, -0.2) is 4.79 Å². The van der Waals surface area contributed by atoms with Crippen molar-refractivity contribution in [1.82, 2.24) is 0 Å². The van der Waals surface area contributed by atoms with E-state index in [1.807, 2.05) is 0 Å². The zero-order chi connectivity index (χ0) is 16.3. The van der Waals surface area contributed by atoms with Gasteiger partial charge in [0.25, 0.3) is 0 Å². The molecule has 0 amide bonds. The minimum Gasteiger partial charge on any atom is -0.436 e. The third-order valence-electron chi connectivity index (χ3n) is 2.08. The van der Waals surface area contributed by atoms with E-state index in [1.165, 1.54) is 24.3 Å². The molecule has 0 saturated heterocycles. The van der Waals surface area contributed by atoms with E-state index in [2.05, 4.69) is 4.74 Å². The van der Waals surface area contributed by atoms with Gasteiger partial charge in [0.15, 0.2) is 6.23 Å². The largest absolute Gasteiger partial charge is 0.490 e. The van der Waals surface area contributed by atoms with Gasteiger partial charge in [0, 0.05) is 10.5 Å². The van der Waals surface area contributed by atoms with Gasteiger partial charge < -0.3 is 4.74 Å². The third-order valence-corrected chi connectivity index (χ3v) is 3.24. The Bertz CT molecular complexity index is 502. The molecule has 0 aromatic heterocycles. The first-order chi connectivity index (χ1) is 9.50. The van der Waals surface area contributed by atoms with Crippen molar-refractivity contribution in [2.75, 3.05) is 5.75 Å². The van der Waals surface area contributed by atoms with Crippen LogP contribution in [-0.2, 0) is 9.53 Å². The second-order valence-electron chi connectivity index (χ2n) is 3.77. The number of benzene rings is 1. The molecule has 118 valence electrons. The molecule has 0 aliphatic carbocycles. The summed E-state index contributed by atoms with van der Waals surface area (Å²) in [4.78, 5) is 10.6. The summed E-state index contributed by atoms with van der Waals surface area (Å²) in [7, 11) is 0. The maximum atomic E-state index is 12.2. The van der Waals surface area contributed by atoms with E-state index in [4.69, 9.17) is 5.73 Å². The van der Waals surface area contributed by atoms with E-state index in [1.54, 1.807) is 0 Å². The second-order valence-corrected chi connectivity index (χ2v) is 4.78. The first-order valence-corrected chi connectivity index (χ1v) is 6.31. The normalized spacial score (nSPS) is 13.9. The molecule has 0 radical (unpaired) electrons. The Balaban J connectivity index is 2.85. The molecule has 0 aliphatic heterocycles. The van der Waals surface area contributed by atoms with Crippen LogP contribution in [0.3, 0.4) is 0 Å². The van der Waals surface area contributed by atoms with E-state index in [0.29, 0.717) is 11.8 Å². The van der Waals surface area contributed by atoms with Gasteiger partial charge in [0.2, 0.25) is 0 Å². The molecule has 0 fully saturated rings. The van der Waals surface area contributed by atoms with Crippen LogP contribution in [0, 0.1) is 0 Å². The fourth-order valence-electron chi connectivity index (χ4n) is 1.25. The lowest BCUT2D eigenvalue weighted by Crippen LogP contribution is -2.30. The van der Waals surface area contributed by atoms with Crippen molar-refractivity contribution in [1.29, 1.82) is 0 Å². The molecule has 21 heavy (non-hydrogen) atoms. The summed E-state index contributed by atoms with van der Waals surface area (Å²) in [6, 6.07) is 5.18. The lowest BCUT2D eigenvalue weighted by molar-refractivity contribution is -0.205. The van der Waals surface area contributed by atoms with Crippen LogP contribution in [0.1, 0.15) is 11.8 Å². The van der Waals surface area contributed by atoms with Gasteiger partial charge in [-0.05, 0) is 6.07 Å². The molecule has 0 heterocycles. The molecule has 1 rings (SSSR count). The molecule has 0 saturated carbocycles. The number of alkyl halides is 6. The van der Waals surface area contributed by atoms with Crippen LogP contribution in [-0.4, -0.2) is 24.1 Å². The van der Waals surface area contributed by atoms with Gasteiger partial charge in [0.05, 0.1) is 5.75 Å². The molecule has 1 aromatic carbocycles. The van der Waals surface area contributed by atoms with Crippen LogP contribution in [0.4, 0.5) is 26.3 Å². The number of esters is 1. The molecule has 0 aliphatic rings. The molecule has 3 nitrogen and oxygen atoms in total. The highest BCUT2D eigenvalue weighted by Gasteiger charge is 2.42. The van der Waals surface area contributed by atoms with Crippen molar-refractivity contribution in [2.45, 2.75) is 23.5 Å². The highest BCUT2D eigenvalue weighted by molar-refractivity contribution is 7.99. The van der Waals surface area contributed by atoms with Gasteiger partial charge in [-0.3, -0.25) is 5.73 Å². The quantitative estimate of drug-likeness (QED) is 0.397. The highest BCUT2D eigenvalue weighted by atomic mass is 32.2. The molecular weight excluding hydrogens is 324 g/mol. The van der Waals surface area contributed by atoms with Gasteiger partial charge in [-0.2, -0.15) is 26.3 Å². The minimum absolute atomic E-state index is 0.0164. The van der Waals surface area contributed by atoms with Crippen LogP contribution in [0.15, 0.2) is 29.2 Å². The Labute approximate surface area is 119 Å². The number of rotatable bonds is 4. The van der Waals surface area contributed by atoms with Crippen molar-refractivity contribution >= 4 is 17.7 Å². The average Bonchev–Trinajstić information content (AvgIpc) is 2.34.